The number of methoxy groups -OCH3 is 1. The summed E-state index contributed by atoms with van der Waals surface area (Å²) in [6.07, 6.45) is 3.71. The Kier molecular flexibility index (Phi) is 1.89. The molecule has 0 N–H and O–H groups in total. The molecule has 86 valence electrons. The lowest BCUT2D eigenvalue weighted by Gasteiger charge is -2.28. The molecule has 0 aliphatic carbocycles. The van der Waals surface area contributed by atoms with Crippen LogP contribution in [0.25, 0.3) is 0 Å². The van der Waals surface area contributed by atoms with E-state index in [0.717, 1.165) is 37.2 Å². The third kappa shape index (κ3) is 0.942. The van der Waals surface area contributed by atoms with Crippen LogP contribution in [0.15, 0.2) is 6.20 Å². The molecule has 1 unspecified atom stereocenters. The number of aromatic nitrogens is 2. The van der Waals surface area contributed by atoms with Crippen molar-refractivity contribution in [2.24, 2.45) is 7.05 Å². The molecule has 1 atom stereocenters. The Balaban J connectivity index is 2.16. The van der Waals surface area contributed by atoms with Crippen LogP contribution in [0.1, 0.15) is 24.1 Å². The van der Waals surface area contributed by atoms with Gasteiger partial charge in [0.05, 0.1) is 19.0 Å². The van der Waals surface area contributed by atoms with Gasteiger partial charge < -0.3 is 4.74 Å². The molecule has 5 nitrogen and oxygen atoms in total. The summed E-state index contributed by atoms with van der Waals surface area (Å²) in [5.74, 6) is -0.142. The van der Waals surface area contributed by atoms with Crippen LogP contribution in [-0.2, 0) is 28.7 Å². The molecule has 0 aromatic carbocycles. The average molecular weight is 221 g/mol. The van der Waals surface area contributed by atoms with E-state index in [9.17, 15) is 4.79 Å². The zero-order chi connectivity index (χ0) is 11.3. The van der Waals surface area contributed by atoms with Crippen molar-refractivity contribution >= 4 is 5.97 Å². The molecule has 0 amide bonds. The molecule has 3 rings (SSSR count). The van der Waals surface area contributed by atoms with Gasteiger partial charge in [0.15, 0.2) is 0 Å². The average Bonchev–Trinajstić information content (AvgIpc) is 2.90. The molecule has 2 aliphatic heterocycles. The number of hydrogen-bond donors (Lipinski definition) is 0. The molecule has 0 spiro atoms. The molecule has 1 fully saturated rings. The predicted molar refractivity (Wildman–Crippen MR) is 56.5 cm³/mol. The molecule has 3 heterocycles. The number of rotatable bonds is 1. The van der Waals surface area contributed by atoms with Gasteiger partial charge in [-0.25, -0.2) is 4.79 Å². The Hall–Kier alpha value is -1.36. The number of fused-ring (bicyclic) bond motifs is 3. The number of esters is 1. The van der Waals surface area contributed by atoms with Crippen LogP contribution in [0.5, 0.6) is 0 Å². The summed E-state index contributed by atoms with van der Waals surface area (Å²) in [7, 11) is 3.38. The van der Waals surface area contributed by atoms with Crippen LogP contribution in [0, 0.1) is 0 Å². The van der Waals surface area contributed by atoms with Gasteiger partial charge in [-0.3, -0.25) is 9.58 Å². The highest BCUT2D eigenvalue weighted by Gasteiger charge is 2.56. The molecular formula is C11H15N3O2. The lowest BCUT2D eigenvalue weighted by Crippen LogP contribution is -2.43. The van der Waals surface area contributed by atoms with E-state index in [1.807, 2.05) is 17.9 Å². The van der Waals surface area contributed by atoms with Gasteiger partial charge in [-0.05, 0) is 12.8 Å². The lowest BCUT2D eigenvalue weighted by atomic mass is 9.91. The van der Waals surface area contributed by atoms with Crippen LogP contribution in [-0.4, -0.2) is 34.3 Å². The summed E-state index contributed by atoms with van der Waals surface area (Å²) in [6.45, 7) is 1.77. The summed E-state index contributed by atoms with van der Waals surface area (Å²) >= 11 is 0. The van der Waals surface area contributed by atoms with Gasteiger partial charge in [-0.2, -0.15) is 5.10 Å². The highest BCUT2D eigenvalue weighted by Crippen LogP contribution is 2.47. The van der Waals surface area contributed by atoms with Crippen molar-refractivity contribution in [1.82, 2.24) is 14.7 Å². The minimum Gasteiger partial charge on any atom is -0.467 e. The van der Waals surface area contributed by atoms with Crippen molar-refractivity contribution in [3.8, 4) is 0 Å². The van der Waals surface area contributed by atoms with Crippen molar-refractivity contribution < 1.29 is 9.53 Å². The Morgan fingerprint density at radius 3 is 3.19 bits per heavy atom. The maximum Gasteiger partial charge on any atom is 0.331 e. The van der Waals surface area contributed by atoms with Gasteiger partial charge in [0.1, 0.15) is 5.54 Å². The van der Waals surface area contributed by atoms with E-state index in [1.54, 1.807) is 0 Å². The highest BCUT2D eigenvalue weighted by molar-refractivity contribution is 5.84. The van der Waals surface area contributed by atoms with Crippen molar-refractivity contribution in [2.75, 3.05) is 13.7 Å². The predicted octanol–water partition coefficient (Wildman–Crippen LogP) is 0.398. The monoisotopic (exact) mass is 221 g/mol. The fraction of sp³-hybridized carbons (Fsp3) is 0.636. The second-order valence-electron chi connectivity index (χ2n) is 4.51. The number of carbonyl (C=O) groups is 1. The molecule has 2 aliphatic rings. The van der Waals surface area contributed by atoms with E-state index in [-0.39, 0.29) is 5.97 Å². The molecule has 16 heavy (non-hydrogen) atoms. The smallest absolute Gasteiger partial charge is 0.331 e. The first-order valence-electron chi connectivity index (χ1n) is 5.55. The number of nitrogens with zero attached hydrogens (tertiary/aromatic N) is 3. The van der Waals surface area contributed by atoms with Crippen LogP contribution < -0.4 is 0 Å². The number of aryl methyl sites for hydroxylation is 1. The minimum absolute atomic E-state index is 0.142. The van der Waals surface area contributed by atoms with Gasteiger partial charge in [0.2, 0.25) is 0 Å². The van der Waals surface area contributed by atoms with Crippen molar-refractivity contribution in [3.05, 3.63) is 17.5 Å². The van der Waals surface area contributed by atoms with E-state index in [1.165, 1.54) is 7.11 Å². The normalized spacial score (nSPS) is 27.9. The van der Waals surface area contributed by atoms with Gasteiger partial charge in [0, 0.05) is 25.7 Å². The zero-order valence-corrected chi connectivity index (χ0v) is 9.56. The largest absolute Gasteiger partial charge is 0.467 e. The molecule has 1 saturated heterocycles. The first-order valence-corrected chi connectivity index (χ1v) is 5.55. The van der Waals surface area contributed by atoms with Crippen LogP contribution in [0.3, 0.4) is 0 Å². The Morgan fingerprint density at radius 2 is 2.44 bits per heavy atom. The Labute approximate surface area is 94.0 Å². The first-order chi connectivity index (χ1) is 7.70. The molecule has 1 aromatic rings. The molecule has 0 bridgehead atoms. The van der Waals surface area contributed by atoms with E-state index in [4.69, 9.17) is 4.74 Å². The number of ether oxygens (including phenoxy) is 1. The molecule has 0 saturated carbocycles. The summed E-state index contributed by atoms with van der Waals surface area (Å²) < 4.78 is 6.85. The van der Waals surface area contributed by atoms with Crippen molar-refractivity contribution in [3.63, 3.8) is 0 Å². The van der Waals surface area contributed by atoms with Gasteiger partial charge in [-0.15, -0.1) is 0 Å². The van der Waals surface area contributed by atoms with E-state index in [2.05, 4.69) is 10.00 Å². The second kappa shape index (κ2) is 3.07. The quantitative estimate of drug-likeness (QED) is 0.644. The number of hydrogen-bond acceptors (Lipinski definition) is 4. The standard InChI is InChI=1S/C11H15N3O2/c1-13-9-7-14-5-3-4-11(14,10(15)16-2)8(9)6-12-13/h6H,3-5,7H2,1-2H3. The SMILES string of the molecule is COC(=O)C12CCCN1Cc1c2cnn1C. The second-order valence-corrected chi connectivity index (χ2v) is 4.51. The maximum atomic E-state index is 12.1. The molecular weight excluding hydrogens is 206 g/mol. The Bertz CT molecular complexity index is 454. The first kappa shape index (κ1) is 9.84. The van der Waals surface area contributed by atoms with E-state index >= 15 is 0 Å². The fourth-order valence-corrected chi connectivity index (χ4v) is 3.08. The maximum absolute atomic E-state index is 12.1. The third-order valence-corrected chi connectivity index (χ3v) is 3.88. The summed E-state index contributed by atoms with van der Waals surface area (Å²) in [5, 5.41) is 4.24. The van der Waals surface area contributed by atoms with Gasteiger partial charge in [0.25, 0.3) is 0 Å². The lowest BCUT2D eigenvalue weighted by molar-refractivity contribution is -0.153. The molecule has 1 aromatic heterocycles. The van der Waals surface area contributed by atoms with Crippen LogP contribution in [0.2, 0.25) is 0 Å². The van der Waals surface area contributed by atoms with Gasteiger partial charge in [-0.1, -0.05) is 0 Å². The van der Waals surface area contributed by atoms with Crippen LogP contribution >= 0.6 is 0 Å². The van der Waals surface area contributed by atoms with Crippen molar-refractivity contribution in [1.29, 1.82) is 0 Å². The van der Waals surface area contributed by atoms with E-state index < -0.39 is 5.54 Å². The zero-order valence-electron chi connectivity index (χ0n) is 9.56. The van der Waals surface area contributed by atoms with Crippen molar-refractivity contribution in [2.45, 2.75) is 24.9 Å². The minimum atomic E-state index is -0.543. The van der Waals surface area contributed by atoms with Gasteiger partial charge >= 0.3 is 5.97 Å². The highest BCUT2D eigenvalue weighted by atomic mass is 16.5. The van der Waals surface area contributed by atoms with E-state index in [0.29, 0.717) is 0 Å². The Morgan fingerprint density at radius 1 is 1.62 bits per heavy atom. The third-order valence-electron chi connectivity index (χ3n) is 3.88. The topological polar surface area (TPSA) is 47.4 Å². The molecule has 5 heteroatoms. The van der Waals surface area contributed by atoms with Crippen LogP contribution in [0.4, 0.5) is 0 Å². The molecule has 0 radical (unpaired) electrons. The number of carbonyl (C=O) groups excluding carboxylic acids is 1. The summed E-state index contributed by atoms with van der Waals surface area (Å²) in [4.78, 5) is 14.3. The fourth-order valence-electron chi connectivity index (χ4n) is 3.08. The summed E-state index contributed by atoms with van der Waals surface area (Å²) in [5.41, 5.74) is 1.64. The summed E-state index contributed by atoms with van der Waals surface area (Å²) in [6, 6.07) is 0.